The van der Waals surface area contributed by atoms with Crippen LogP contribution < -0.4 is 36.6 Å². The maximum atomic E-state index is 2.59. The molecule has 2 aliphatic rings. The number of rotatable bonds is 4. The fourth-order valence-corrected chi connectivity index (χ4v) is 10.7. The third-order valence-corrected chi connectivity index (χ3v) is 15.1. The normalized spacial score (nSPS) is 13.8. The Bertz CT molecular complexity index is 2470. The smallest absolute Gasteiger partial charge is 0.252 e. The molecule has 0 bridgehead atoms. The van der Waals surface area contributed by atoms with E-state index in [0.29, 0.717) is 0 Å². The lowest BCUT2D eigenvalue weighted by molar-refractivity contribution is 1.27. The molecule has 0 fully saturated rings. The molecule has 0 atom stereocenters. The Morgan fingerprint density at radius 3 is 1.72 bits per heavy atom. The molecule has 0 amide bonds. The van der Waals surface area contributed by atoms with Gasteiger partial charge >= 0.3 is 0 Å². The zero-order chi connectivity index (χ0) is 34.5. The topological polar surface area (TPSA) is 6.48 Å². The molecule has 0 aliphatic carbocycles. The van der Waals surface area contributed by atoms with Gasteiger partial charge in [0.15, 0.2) is 0 Å². The zero-order valence-corrected chi connectivity index (χ0v) is 32.2. The summed E-state index contributed by atoms with van der Waals surface area (Å²) in [6.07, 6.45) is 0. The lowest BCUT2D eigenvalue weighted by Gasteiger charge is -2.45. The summed E-state index contributed by atoms with van der Waals surface area (Å²) >= 11 is 0. The average molecular weight is 679 g/mol. The van der Waals surface area contributed by atoms with E-state index in [4.69, 9.17) is 0 Å². The minimum absolute atomic E-state index is 0.0923. The highest BCUT2D eigenvalue weighted by Gasteiger charge is 2.45. The summed E-state index contributed by atoms with van der Waals surface area (Å²) in [5.41, 5.74) is 13.0. The van der Waals surface area contributed by atoms with Gasteiger partial charge in [0.05, 0.1) is 21.8 Å². The van der Waals surface area contributed by atoms with Crippen molar-refractivity contribution >= 4 is 105 Å². The van der Waals surface area contributed by atoms with Crippen LogP contribution in [0.2, 0.25) is 39.3 Å². The van der Waals surface area contributed by atoms with Gasteiger partial charge in [-0.05, 0) is 70.5 Å². The minimum Gasteiger partial charge on any atom is -0.311 e. The van der Waals surface area contributed by atoms with Crippen molar-refractivity contribution in [3.63, 3.8) is 0 Å². The van der Waals surface area contributed by atoms with Crippen LogP contribution in [0.15, 0.2) is 133 Å². The number of nitrogens with zero attached hydrogens (tertiary/aromatic N) is 2. The van der Waals surface area contributed by atoms with E-state index in [9.17, 15) is 0 Å². The lowest BCUT2D eigenvalue weighted by Crippen LogP contribution is -2.62. The summed E-state index contributed by atoms with van der Waals surface area (Å²) in [4.78, 5) is 5.16. The first kappa shape index (κ1) is 31.2. The molecule has 7 aromatic rings. The monoisotopic (exact) mass is 678 g/mol. The molecule has 0 aromatic heterocycles. The Labute approximate surface area is 299 Å². The molecule has 244 valence electrons. The van der Waals surface area contributed by atoms with Gasteiger partial charge in [0.1, 0.15) is 0 Å². The lowest BCUT2D eigenvalue weighted by atomic mass is 9.33. The predicted octanol–water partition coefficient (Wildman–Crippen LogP) is 9.47. The molecule has 0 unspecified atom stereocenters. The van der Waals surface area contributed by atoms with Crippen LogP contribution in [0, 0.1) is 6.92 Å². The van der Waals surface area contributed by atoms with Crippen LogP contribution >= 0.6 is 0 Å². The third-order valence-electron chi connectivity index (χ3n) is 11.0. The molecular weight excluding hydrogens is 635 g/mol. The SMILES string of the molecule is Cc1ccc(N2c3c(ccc4ccccc34)B3c4cc([Si](C)(C)C)ccc4N(c4ccc([Si](C)(C)C)cc4)c4cc5ccccc5c2c43)cc1. The van der Waals surface area contributed by atoms with Gasteiger partial charge in [-0.2, -0.15) is 0 Å². The Balaban J connectivity index is 1.45. The summed E-state index contributed by atoms with van der Waals surface area (Å²) in [7, 11) is -3.09. The highest BCUT2D eigenvalue weighted by Crippen LogP contribution is 2.48. The van der Waals surface area contributed by atoms with E-state index in [0.717, 1.165) is 0 Å². The van der Waals surface area contributed by atoms with Crippen LogP contribution in [-0.2, 0) is 0 Å². The summed E-state index contributed by atoms with van der Waals surface area (Å²) in [5.74, 6) is 0. The fourth-order valence-electron chi connectivity index (χ4n) is 8.31. The van der Waals surface area contributed by atoms with E-state index < -0.39 is 16.1 Å². The number of aryl methyl sites for hydroxylation is 1. The predicted molar refractivity (Wildman–Crippen MR) is 226 cm³/mol. The number of fused-ring (bicyclic) bond motifs is 8. The molecule has 2 heterocycles. The first-order valence-electron chi connectivity index (χ1n) is 18.0. The van der Waals surface area contributed by atoms with Crippen molar-refractivity contribution in [3.8, 4) is 0 Å². The quantitative estimate of drug-likeness (QED) is 0.171. The van der Waals surface area contributed by atoms with Gasteiger partial charge < -0.3 is 9.80 Å². The second-order valence-corrected chi connectivity index (χ2v) is 26.5. The Morgan fingerprint density at radius 2 is 1.04 bits per heavy atom. The molecule has 2 nitrogen and oxygen atoms in total. The van der Waals surface area contributed by atoms with Crippen molar-refractivity contribution in [2.45, 2.75) is 46.2 Å². The summed E-state index contributed by atoms with van der Waals surface area (Å²) in [5, 5.41) is 8.08. The van der Waals surface area contributed by atoms with Crippen molar-refractivity contribution < 1.29 is 0 Å². The molecule has 9 rings (SSSR count). The van der Waals surface area contributed by atoms with Crippen molar-refractivity contribution in [2.75, 3.05) is 9.80 Å². The van der Waals surface area contributed by atoms with Crippen LogP contribution in [0.5, 0.6) is 0 Å². The molecule has 0 saturated carbocycles. The van der Waals surface area contributed by atoms with Crippen LogP contribution in [0.25, 0.3) is 21.5 Å². The molecule has 50 heavy (non-hydrogen) atoms. The van der Waals surface area contributed by atoms with Crippen molar-refractivity contribution in [1.29, 1.82) is 0 Å². The highest BCUT2D eigenvalue weighted by molar-refractivity contribution is 7.01. The summed E-state index contributed by atoms with van der Waals surface area (Å²) in [6.45, 7) is 17.0. The van der Waals surface area contributed by atoms with Gasteiger partial charge in [0.25, 0.3) is 6.71 Å². The molecular formula is C45H43BN2Si2. The molecule has 0 N–H and O–H groups in total. The van der Waals surface area contributed by atoms with E-state index >= 15 is 0 Å². The zero-order valence-electron chi connectivity index (χ0n) is 30.2. The van der Waals surface area contributed by atoms with Crippen LogP contribution in [-0.4, -0.2) is 22.9 Å². The highest BCUT2D eigenvalue weighted by atomic mass is 28.3. The molecule has 2 aliphatic heterocycles. The maximum Gasteiger partial charge on any atom is 0.252 e. The Morgan fingerprint density at radius 1 is 0.460 bits per heavy atom. The van der Waals surface area contributed by atoms with E-state index in [1.54, 1.807) is 0 Å². The third kappa shape index (κ3) is 4.74. The van der Waals surface area contributed by atoms with E-state index in [1.807, 2.05) is 0 Å². The molecule has 7 aromatic carbocycles. The maximum absolute atomic E-state index is 2.59. The first-order valence-corrected chi connectivity index (χ1v) is 25.0. The standard InChI is InChI=1S/C45H43BN2Si2/c1-30-16-19-34(20-17-30)48-44-37-14-10-8-12-31(37)18-26-39(44)46-40-29-36(50(5,6)7)25-27-41(40)47(33-21-23-35(24-22-33)49(2,3)4)42-28-32-13-9-11-15-38(32)45(48)43(42)46/h8-29H,1-7H3. The van der Waals surface area contributed by atoms with Gasteiger partial charge in [0, 0.05) is 39.2 Å². The van der Waals surface area contributed by atoms with Gasteiger partial charge in [-0.25, -0.2) is 0 Å². The number of hydrogen-bond acceptors (Lipinski definition) is 2. The van der Waals surface area contributed by atoms with Gasteiger partial charge in [-0.1, -0.05) is 152 Å². The molecule has 0 saturated heterocycles. The largest absolute Gasteiger partial charge is 0.311 e. The van der Waals surface area contributed by atoms with Gasteiger partial charge in [-0.3, -0.25) is 0 Å². The summed E-state index contributed by atoms with van der Waals surface area (Å²) in [6, 6.07) is 51.3. The van der Waals surface area contributed by atoms with Crippen LogP contribution in [0.4, 0.5) is 34.1 Å². The van der Waals surface area contributed by atoms with Crippen molar-refractivity contribution in [1.82, 2.24) is 0 Å². The van der Waals surface area contributed by atoms with Crippen LogP contribution in [0.1, 0.15) is 5.56 Å². The van der Waals surface area contributed by atoms with Crippen molar-refractivity contribution in [2.24, 2.45) is 0 Å². The minimum atomic E-state index is -1.63. The fraction of sp³-hybridized carbons (Fsp3) is 0.156. The van der Waals surface area contributed by atoms with Crippen molar-refractivity contribution in [3.05, 3.63) is 139 Å². The number of anilines is 6. The van der Waals surface area contributed by atoms with E-state index in [2.05, 4.69) is 189 Å². The van der Waals surface area contributed by atoms with E-state index in [1.165, 1.54) is 88.0 Å². The van der Waals surface area contributed by atoms with E-state index in [-0.39, 0.29) is 6.71 Å². The van der Waals surface area contributed by atoms with Crippen LogP contribution in [0.3, 0.4) is 0 Å². The molecule has 0 spiro atoms. The molecule has 0 radical (unpaired) electrons. The Hall–Kier alpha value is -4.84. The second kappa shape index (κ2) is 11.1. The Kier molecular flexibility index (Phi) is 6.91. The number of hydrogen-bond donors (Lipinski definition) is 0. The second-order valence-electron chi connectivity index (χ2n) is 16.4. The average Bonchev–Trinajstić information content (AvgIpc) is 3.10. The number of benzene rings is 7. The summed E-state index contributed by atoms with van der Waals surface area (Å²) < 4.78 is 0. The van der Waals surface area contributed by atoms with Gasteiger partial charge in [-0.15, -0.1) is 0 Å². The van der Waals surface area contributed by atoms with Gasteiger partial charge in [0.2, 0.25) is 0 Å². The first-order chi connectivity index (χ1) is 24.0. The molecule has 5 heteroatoms.